The quantitative estimate of drug-likeness (QED) is 0.662. The molecule has 30 heavy (non-hydrogen) atoms. The van der Waals surface area contributed by atoms with Crippen molar-refractivity contribution in [3.8, 4) is 12.3 Å². The maximum Gasteiger partial charge on any atom is 0.412 e. The van der Waals surface area contributed by atoms with Crippen molar-refractivity contribution >= 4 is 41.8 Å². The highest BCUT2D eigenvalue weighted by Gasteiger charge is 2.44. The summed E-state index contributed by atoms with van der Waals surface area (Å²) in [5.74, 6) is 2.44. The van der Waals surface area contributed by atoms with Crippen LogP contribution in [0.1, 0.15) is 22.4 Å². The van der Waals surface area contributed by atoms with E-state index >= 15 is 0 Å². The fourth-order valence-corrected chi connectivity index (χ4v) is 3.38. The number of carbonyl (C=O) groups excluding carboxylic acids is 2. The fraction of sp³-hybridized carbons (Fsp3) is 0.316. The van der Waals surface area contributed by atoms with Crippen LogP contribution in [0, 0.1) is 12.3 Å². The summed E-state index contributed by atoms with van der Waals surface area (Å²) in [6, 6.07) is 3.18. The van der Waals surface area contributed by atoms with Crippen molar-refractivity contribution in [3.05, 3.63) is 47.1 Å². The molecular formula is C19H18Cl2N6O3. The molecule has 2 aliphatic heterocycles. The number of fused-ring (bicyclic) bond motifs is 1. The van der Waals surface area contributed by atoms with Gasteiger partial charge in [-0.1, -0.05) is 17.5 Å². The van der Waals surface area contributed by atoms with Crippen LogP contribution in [0.25, 0.3) is 0 Å². The summed E-state index contributed by atoms with van der Waals surface area (Å²) in [4.78, 5) is 43.1. The molecule has 0 aromatic carbocycles. The monoisotopic (exact) mass is 448 g/mol. The first-order valence-electron chi connectivity index (χ1n) is 8.96. The molecule has 0 aliphatic carbocycles. The van der Waals surface area contributed by atoms with Crippen LogP contribution in [0.4, 0.5) is 10.6 Å². The van der Waals surface area contributed by atoms with Gasteiger partial charge >= 0.3 is 6.09 Å². The van der Waals surface area contributed by atoms with Crippen molar-refractivity contribution in [1.29, 1.82) is 0 Å². The SMILES string of the molecule is C#CCN1CCN(C(=O)O[C@H]2c3nccnc3C(=O)N2c2ccc(Cl)cn2)CC1.Cl. The fourth-order valence-electron chi connectivity index (χ4n) is 3.27. The average Bonchev–Trinajstić information content (AvgIpc) is 3.01. The summed E-state index contributed by atoms with van der Waals surface area (Å²) >= 11 is 5.90. The normalized spacial score (nSPS) is 18.4. The Morgan fingerprint density at radius 1 is 1.20 bits per heavy atom. The molecule has 0 spiro atoms. The molecule has 2 amide bonds. The lowest BCUT2D eigenvalue weighted by Gasteiger charge is -2.34. The minimum atomic E-state index is -1.06. The third-order valence-corrected chi connectivity index (χ3v) is 4.96. The summed E-state index contributed by atoms with van der Waals surface area (Å²) in [5.41, 5.74) is 0.398. The number of terminal acetylenes is 1. The molecule has 0 N–H and O–H groups in total. The van der Waals surface area contributed by atoms with Crippen LogP contribution in [-0.2, 0) is 4.74 Å². The lowest BCUT2D eigenvalue weighted by Crippen LogP contribution is -2.49. The van der Waals surface area contributed by atoms with Gasteiger partial charge in [-0.3, -0.25) is 14.7 Å². The van der Waals surface area contributed by atoms with E-state index in [0.717, 1.165) is 0 Å². The highest BCUT2D eigenvalue weighted by molar-refractivity contribution is 6.30. The Balaban J connectivity index is 0.00000256. The Hall–Kier alpha value is -2.93. The minimum absolute atomic E-state index is 0. The van der Waals surface area contributed by atoms with E-state index in [1.54, 1.807) is 17.0 Å². The summed E-state index contributed by atoms with van der Waals surface area (Å²) < 4.78 is 5.70. The molecule has 1 atom stereocenters. The Morgan fingerprint density at radius 3 is 2.60 bits per heavy atom. The lowest BCUT2D eigenvalue weighted by atomic mass is 10.3. The molecule has 9 nitrogen and oxygen atoms in total. The second kappa shape index (κ2) is 9.26. The first kappa shape index (κ1) is 21.8. The zero-order valence-corrected chi connectivity index (χ0v) is 17.3. The molecule has 1 saturated heterocycles. The number of piperazine rings is 1. The predicted molar refractivity (Wildman–Crippen MR) is 111 cm³/mol. The van der Waals surface area contributed by atoms with Crippen molar-refractivity contribution in [3.63, 3.8) is 0 Å². The number of halogens is 2. The molecule has 1 fully saturated rings. The maximum atomic E-state index is 12.9. The van der Waals surface area contributed by atoms with Gasteiger partial charge in [0.25, 0.3) is 5.91 Å². The molecule has 2 aromatic rings. The molecule has 4 rings (SSSR count). The molecule has 156 valence electrons. The van der Waals surface area contributed by atoms with Gasteiger partial charge in [0.2, 0.25) is 6.23 Å². The molecule has 11 heteroatoms. The molecule has 2 aromatic heterocycles. The van der Waals surface area contributed by atoms with E-state index in [1.165, 1.54) is 23.5 Å². The summed E-state index contributed by atoms with van der Waals surface area (Å²) in [6.45, 7) is 2.81. The van der Waals surface area contributed by atoms with Crippen LogP contribution in [0.5, 0.6) is 0 Å². The van der Waals surface area contributed by atoms with Gasteiger partial charge in [-0.05, 0) is 12.1 Å². The van der Waals surface area contributed by atoms with Crippen molar-refractivity contribution in [2.45, 2.75) is 6.23 Å². The largest absolute Gasteiger partial charge is 0.419 e. The Labute approximate surface area is 184 Å². The second-order valence-electron chi connectivity index (χ2n) is 6.50. The molecule has 0 saturated carbocycles. The van der Waals surface area contributed by atoms with Gasteiger partial charge in [-0.15, -0.1) is 18.8 Å². The van der Waals surface area contributed by atoms with E-state index < -0.39 is 18.2 Å². The number of ether oxygens (including phenoxy) is 1. The Bertz CT molecular complexity index is 973. The number of hydrogen-bond donors (Lipinski definition) is 0. The topological polar surface area (TPSA) is 91.8 Å². The van der Waals surface area contributed by atoms with Gasteiger partial charge in [0.1, 0.15) is 11.5 Å². The van der Waals surface area contributed by atoms with Crippen molar-refractivity contribution in [2.75, 3.05) is 37.6 Å². The highest BCUT2D eigenvalue weighted by atomic mass is 35.5. The number of aromatic nitrogens is 3. The third-order valence-electron chi connectivity index (χ3n) is 4.73. The van der Waals surface area contributed by atoms with E-state index in [9.17, 15) is 9.59 Å². The number of amides is 2. The first-order chi connectivity index (χ1) is 14.1. The van der Waals surface area contributed by atoms with Crippen LogP contribution < -0.4 is 4.90 Å². The van der Waals surface area contributed by atoms with Gasteiger partial charge in [-0.2, -0.15) is 0 Å². The van der Waals surface area contributed by atoms with Gasteiger partial charge in [0.15, 0.2) is 5.69 Å². The van der Waals surface area contributed by atoms with Crippen LogP contribution in [0.15, 0.2) is 30.7 Å². The summed E-state index contributed by atoms with van der Waals surface area (Å²) in [5, 5.41) is 0.424. The first-order valence-corrected chi connectivity index (χ1v) is 9.33. The van der Waals surface area contributed by atoms with Crippen LogP contribution in [0.3, 0.4) is 0 Å². The summed E-state index contributed by atoms with van der Waals surface area (Å²) in [6.07, 6.45) is 8.02. The zero-order chi connectivity index (χ0) is 20.4. The average molecular weight is 449 g/mol. The number of pyridine rings is 1. The molecule has 0 bridgehead atoms. The molecule has 0 radical (unpaired) electrons. The third kappa shape index (κ3) is 4.16. The van der Waals surface area contributed by atoms with Crippen LogP contribution in [0.2, 0.25) is 5.02 Å². The Morgan fingerprint density at radius 2 is 1.93 bits per heavy atom. The molecule has 0 unspecified atom stereocenters. The van der Waals surface area contributed by atoms with Crippen LogP contribution >= 0.6 is 24.0 Å². The van der Waals surface area contributed by atoms with E-state index in [1.807, 2.05) is 0 Å². The molecular weight excluding hydrogens is 431 g/mol. The number of anilines is 1. The van der Waals surface area contributed by atoms with E-state index in [0.29, 0.717) is 37.7 Å². The number of nitrogens with zero attached hydrogens (tertiary/aromatic N) is 6. The smallest absolute Gasteiger partial charge is 0.412 e. The minimum Gasteiger partial charge on any atom is -0.419 e. The van der Waals surface area contributed by atoms with Gasteiger partial charge in [0.05, 0.1) is 11.6 Å². The number of carbonyl (C=O) groups is 2. The van der Waals surface area contributed by atoms with Crippen molar-refractivity contribution in [1.82, 2.24) is 24.8 Å². The van der Waals surface area contributed by atoms with Gasteiger partial charge in [-0.25, -0.2) is 19.7 Å². The van der Waals surface area contributed by atoms with E-state index in [-0.39, 0.29) is 29.6 Å². The van der Waals surface area contributed by atoms with E-state index in [4.69, 9.17) is 22.8 Å². The lowest BCUT2D eigenvalue weighted by molar-refractivity contribution is 0.0463. The molecule has 2 aliphatic rings. The van der Waals surface area contributed by atoms with Gasteiger partial charge < -0.3 is 9.64 Å². The highest BCUT2D eigenvalue weighted by Crippen LogP contribution is 2.35. The molecule has 4 heterocycles. The predicted octanol–water partition coefficient (Wildman–Crippen LogP) is 1.99. The van der Waals surface area contributed by atoms with Gasteiger partial charge in [0, 0.05) is 44.8 Å². The summed E-state index contributed by atoms with van der Waals surface area (Å²) in [7, 11) is 0. The van der Waals surface area contributed by atoms with Crippen molar-refractivity contribution < 1.29 is 14.3 Å². The Kier molecular flexibility index (Phi) is 6.72. The zero-order valence-electron chi connectivity index (χ0n) is 15.8. The second-order valence-corrected chi connectivity index (χ2v) is 6.94. The maximum absolute atomic E-state index is 12.9. The van der Waals surface area contributed by atoms with Crippen molar-refractivity contribution in [2.24, 2.45) is 0 Å². The van der Waals surface area contributed by atoms with E-state index in [2.05, 4.69) is 25.8 Å². The number of rotatable bonds is 3. The number of hydrogen-bond acceptors (Lipinski definition) is 7. The van der Waals surface area contributed by atoms with Crippen LogP contribution in [-0.4, -0.2) is 69.5 Å². The standard InChI is InChI=1S/C19H17ClN6O3.ClH/c1-2-7-24-8-10-25(11-9-24)19(28)29-18-16-15(21-5-6-22-16)17(27)26(18)14-4-3-13(20)12-23-14;/h1,3-6,12,18H,7-11H2;1H/t18-;/m0./s1.